The molecule has 37 heavy (non-hydrogen) atoms. The van der Waals surface area contributed by atoms with Crippen LogP contribution in [0.25, 0.3) is 0 Å². The summed E-state index contributed by atoms with van der Waals surface area (Å²) in [5, 5.41) is 9.23. The topological polar surface area (TPSA) is 96.4 Å². The zero-order chi connectivity index (χ0) is 26.4. The van der Waals surface area contributed by atoms with E-state index in [9.17, 15) is 19.5 Å². The number of anilines is 1. The summed E-state index contributed by atoms with van der Waals surface area (Å²) in [6.07, 6.45) is 9.86. The SMILES string of the molecule is CC[C@]12C=CCOC(=O)[C@H]1[C@H]1C(=O)N(CCCCCO)C3C(=O)N(c4cc(C)ccc4C)CC=C[C@@]31O2. The van der Waals surface area contributed by atoms with Gasteiger partial charge in [-0.15, -0.1) is 0 Å². The average Bonchev–Trinajstić information content (AvgIpc) is 3.15. The van der Waals surface area contributed by atoms with E-state index in [1.54, 1.807) is 15.9 Å². The lowest BCUT2D eigenvalue weighted by Gasteiger charge is -2.38. The fourth-order valence-corrected chi connectivity index (χ4v) is 6.63. The standard InChI is InChI=1S/C29H36N2O6/c1-4-28-12-9-17-36-27(35)23(28)22-25(33)31(14-6-5-7-16-32)24-26(34)30(15-8-13-29(22,24)37-28)21-18-19(2)10-11-20(21)3/h8-13,18,22-24,32H,4-7,14-17H2,1-3H3/t22-,23+,24?,28-,29-/m0/s1. The maximum atomic E-state index is 14.5. The smallest absolute Gasteiger partial charge is 0.313 e. The van der Waals surface area contributed by atoms with Crippen LogP contribution in [0.4, 0.5) is 5.69 Å². The fraction of sp³-hybridized carbons (Fsp3) is 0.552. The van der Waals surface area contributed by atoms with Gasteiger partial charge in [-0.05, 0) is 62.8 Å². The van der Waals surface area contributed by atoms with Crippen molar-refractivity contribution in [1.82, 2.24) is 4.90 Å². The van der Waals surface area contributed by atoms with Crippen LogP contribution >= 0.6 is 0 Å². The van der Waals surface area contributed by atoms with Gasteiger partial charge in [-0.2, -0.15) is 0 Å². The Hall–Kier alpha value is -2.97. The number of unbranched alkanes of at least 4 members (excludes halogenated alkanes) is 2. The fourth-order valence-electron chi connectivity index (χ4n) is 6.63. The number of aliphatic hydroxyl groups is 1. The van der Waals surface area contributed by atoms with E-state index < -0.39 is 35.0 Å². The number of esters is 1. The second kappa shape index (κ2) is 9.72. The number of aliphatic hydroxyl groups excluding tert-OH is 1. The Bertz CT molecular complexity index is 1160. The van der Waals surface area contributed by atoms with E-state index in [4.69, 9.17) is 9.47 Å². The molecule has 1 N–H and O–H groups in total. The molecule has 5 rings (SSSR count). The van der Waals surface area contributed by atoms with Gasteiger partial charge in [0.25, 0.3) is 5.91 Å². The van der Waals surface area contributed by atoms with Gasteiger partial charge in [-0.1, -0.05) is 37.3 Å². The number of likely N-dealkylation sites (tertiary alicyclic amines) is 1. The van der Waals surface area contributed by atoms with Crippen LogP contribution in [-0.4, -0.2) is 71.3 Å². The second-order valence-electron chi connectivity index (χ2n) is 10.6. The van der Waals surface area contributed by atoms with Crippen LogP contribution in [-0.2, 0) is 23.9 Å². The third-order valence-electron chi connectivity index (χ3n) is 8.41. The summed E-state index contributed by atoms with van der Waals surface area (Å²) in [5.41, 5.74) is 0.509. The Kier molecular flexibility index (Phi) is 6.75. The van der Waals surface area contributed by atoms with Gasteiger partial charge in [0.1, 0.15) is 29.8 Å². The van der Waals surface area contributed by atoms with E-state index >= 15 is 0 Å². The van der Waals surface area contributed by atoms with Crippen LogP contribution < -0.4 is 4.90 Å². The van der Waals surface area contributed by atoms with E-state index in [1.165, 1.54) is 0 Å². The first-order valence-electron chi connectivity index (χ1n) is 13.3. The van der Waals surface area contributed by atoms with Gasteiger partial charge in [0, 0.05) is 25.4 Å². The third kappa shape index (κ3) is 3.92. The highest BCUT2D eigenvalue weighted by atomic mass is 16.6. The molecule has 2 amide bonds. The molecular formula is C29H36N2O6. The molecule has 5 atom stereocenters. The molecule has 2 fully saturated rings. The van der Waals surface area contributed by atoms with Gasteiger partial charge in [-0.3, -0.25) is 14.4 Å². The highest BCUT2D eigenvalue weighted by Crippen LogP contribution is 2.58. The van der Waals surface area contributed by atoms with E-state index in [0.29, 0.717) is 32.4 Å². The minimum atomic E-state index is -1.28. The molecule has 2 saturated heterocycles. The lowest BCUT2D eigenvalue weighted by Crippen LogP contribution is -2.56. The van der Waals surface area contributed by atoms with Gasteiger partial charge in [-0.25, -0.2) is 0 Å². The summed E-state index contributed by atoms with van der Waals surface area (Å²) in [6, 6.07) is 5.09. The average molecular weight is 509 g/mol. The van der Waals surface area contributed by atoms with Crippen molar-refractivity contribution in [3.8, 4) is 0 Å². The number of benzene rings is 1. The van der Waals surface area contributed by atoms with Crippen LogP contribution in [0.2, 0.25) is 0 Å². The van der Waals surface area contributed by atoms with Gasteiger partial charge in [0.15, 0.2) is 0 Å². The summed E-state index contributed by atoms with van der Waals surface area (Å²) >= 11 is 0. The molecule has 4 heterocycles. The van der Waals surface area contributed by atoms with Crippen molar-refractivity contribution in [3.05, 3.63) is 53.6 Å². The minimum absolute atomic E-state index is 0.0778. The number of rotatable bonds is 7. The molecule has 8 heteroatoms. The molecule has 4 aliphatic heterocycles. The maximum absolute atomic E-state index is 14.5. The number of aryl methyl sites for hydroxylation is 2. The second-order valence-corrected chi connectivity index (χ2v) is 10.6. The summed E-state index contributed by atoms with van der Waals surface area (Å²) in [5.74, 6) is -2.61. The molecule has 0 bridgehead atoms. The Morgan fingerprint density at radius 1 is 1.03 bits per heavy atom. The molecule has 1 spiro atoms. The number of ether oxygens (including phenoxy) is 2. The number of hydrogen-bond donors (Lipinski definition) is 1. The molecule has 0 radical (unpaired) electrons. The number of amides is 2. The van der Waals surface area contributed by atoms with Crippen molar-refractivity contribution < 1.29 is 29.0 Å². The summed E-state index contributed by atoms with van der Waals surface area (Å²) < 4.78 is 12.3. The molecule has 1 unspecified atom stereocenters. The number of hydrogen-bond acceptors (Lipinski definition) is 6. The molecule has 4 aliphatic rings. The summed E-state index contributed by atoms with van der Waals surface area (Å²) in [6.45, 7) is 6.80. The van der Waals surface area contributed by atoms with Crippen molar-refractivity contribution in [2.75, 3.05) is 31.2 Å². The Balaban J connectivity index is 1.63. The molecular weight excluding hydrogens is 472 g/mol. The Morgan fingerprint density at radius 2 is 1.84 bits per heavy atom. The minimum Gasteiger partial charge on any atom is -0.461 e. The van der Waals surface area contributed by atoms with E-state index in [1.807, 2.05) is 57.2 Å². The predicted molar refractivity (Wildman–Crippen MR) is 138 cm³/mol. The van der Waals surface area contributed by atoms with Crippen LogP contribution in [0, 0.1) is 25.7 Å². The lowest BCUT2D eigenvalue weighted by atomic mass is 9.73. The predicted octanol–water partition coefficient (Wildman–Crippen LogP) is 2.84. The first-order valence-corrected chi connectivity index (χ1v) is 13.3. The largest absolute Gasteiger partial charge is 0.461 e. The first-order chi connectivity index (χ1) is 17.8. The first kappa shape index (κ1) is 25.7. The lowest BCUT2D eigenvalue weighted by molar-refractivity contribution is -0.157. The maximum Gasteiger partial charge on any atom is 0.313 e. The monoisotopic (exact) mass is 508 g/mol. The van der Waals surface area contributed by atoms with Crippen LogP contribution in [0.15, 0.2) is 42.5 Å². The molecule has 1 aromatic rings. The van der Waals surface area contributed by atoms with Crippen molar-refractivity contribution in [2.24, 2.45) is 11.8 Å². The zero-order valence-corrected chi connectivity index (χ0v) is 21.8. The molecule has 198 valence electrons. The normalized spacial score (nSPS) is 32.6. The van der Waals surface area contributed by atoms with Crippen LogP contribution in [0.5, 0.6) is 0 Å². The number of cyclic esters (lactones) is 1. The van der Waals surface area contributed by atoms with Crippen LogP contribution in [0.1, 0.15) is 43.7 Å². The molecule has 0 aliphatic carbocycles. The number of nitrogens with zero attached hydrogens (tertiary/aromatic N) is 2. The van der Waals surface area contributed by atoms with E-state index in [2.05, 4.69) is 0 Å². The number of fused-ring (bicyclic) bond motifs is 2. The number of carbonyl (C=O) groups excluding carboxylic acids is 3. The summed E-state index contributed by atoms with van der Waals surface area (Å²) in [7, 11) is 0. The van der Waals surface area contributed by atoms with Crippen molar-refractivity contribution >= 4 is 23.5 Å². The zero-order valence-electron chi connectivity index (χ0n) is 21.8. The molecule has 0 aromatic heterocycles. The van der Waals surface area contributed by atoms with Crippen molar-refractivity contribution in [2.45, 2.75) is 63.7 Å². The van der Waals surface area contributed by atoms with Gasteiger partial charge in [0.05, 0.1) is 5.92 Å². The molecule has 0 saturated carbocycles. The van der Waals surface area contributed by atoms with Gasteiger partial charge >= 0.3 is 5.97 Å². The summed E-state index contributed by atoms with van der Waals surface area (Å²) in [4.78, 5) is 45.3. The van der Waals surface area contributed by atoms with Gasteiger partial charge < -0.3 is 24.4 Å². The highest BCUT2D eigenvalue weighted by molar-refractivity contribution is 6.06. The molecule has 1 aromatic carbocycles. The van der Waals surface area contributed by atoms with Crippen LogP contribution in [0.3, 0.4) is 0 Å². The quantitative estimate of drug-likeness (QED) is 0.346. The van der Waals surface area contributed by atoms with E-state index in [0.717, 1.165) is 23.2 Å². The molecule has 8 nitrogen and oxygen atoms in total. The Morgan fingerprint density at radius 3 is 2.59 bits per heavy atom. The van der Waals surface area contributed by atoms with Crippen molar-refractivity contribution in [1.29, 1.82) is 0 Å². The Labute approximate surface area is 217 Å². The van der Waals surface area contributed by atoms with E-state index in [-0.39, 0.29) is 25.0 Å². The van der Waals surface area contributed by atoms with Crippen molar-refractivity contribution in [3.63, 3.8) is 0 Å². The number of carbonyl (C=O) groups is 3. The van der Waals surface area contributed by atoms with Gasteiger partial charge in [0.2, 0.25) is 5.91 Å². The third-order valence-corrected chi connectivity index (χ3v) is 8.41. The highest BCUT2D eigenvalue weighted by Gasteiger charge is 2.75.